The molecule has 1 amide bonds. The second-order valence-electron chi connectivity index (χ2n) is 6.11. The minimum Gasteiger partial charge on any atom is -0.337 e. The highest BCUT2D eigenvalue weighted by Crippen LogP contribution is 2.24. The van der Waals surface area contributed by atoms with Crippen molar-refractivity contribution >= 4 is 17.2 Å². The standard InChI is InChI=1S/C16H25N3OS/c1-17-10-14-4-2-3-7-18(14)12-16(20)19-8-5-15-13(11-19)6-9-21-15/h6,9,14,17H,2-5,7-8,10-12H2,1H3. The van der Waals surface area contributed by atoms with E-state index in [1.165, 1.54) is 29.7 Å². The molecule has 21 heavy (non-hydrogen) atoms. The summed E-state index contributed by atoms with van der Waals surface area (Å²) in [5, 5.41) is 5.41. The van der Waals surface area contributed by atoms with E-state index in [0.717, 1.165) is 32.6 Å². The van der Waals surface area contributed by atoms with Crippen molar-refractivity contribution in [3.8, 4) is 0 Å². The van der Waals surface area contributed by atoms with E-state index in [0.29, 0.717) is 18.5 Å². The third kappa shape index (κ3) is 3.47. The largest absolute Gasteiger partial charge is 0.337 e. The first-order chi connectivity index (χ1) is 10.3. The number of carbonyl (C=O) groups excluding carboxylic acids is 1. The molecule has 4 nitrogen and oxygen atoms in total. The van der Waals surface area contributed by atoms with Crippen LogP contribution in [-0.4, -0.2) is 55.0 Å². The monoisotopic (exact) mass is 307 g/mol. The van der Waals surface area contributed by atoms with Crippen molar-refractivity contribution in [2.75, 3.05) is 33.2 Å². The van der Waals surface area contributed by atoms with Crippen LogP contribution in [-0.2, 0) is 17.8 Å². The Balaban J connectivity index is 1.58. The van der Waals surface area contributed by atoms with Crippen molar-refractivity contribution in [3.05, 3.63) is 21.9 Å². The van der Waals surface area contributed by atoms with E-state index in [2.05, 4.69) is 21.7 Å². The van der Waals surface area contributed by atoms with Gasteiger partial charge in [0.2, 0.25) is 5.91 Å². The Bertz CT molecular complexity index is 486. The van der Waals surface area contributed by atoms with E-state index in [4.69, 9.17) is 0 Å². The zero-order valence-corrected chi connectivity index (χ0v) is 13.6. The van der Waals surface area contributed by atoms with Crippen molar-refractivity contribution in [2.24, 2.45) is 0 Å². The number of likely N-dealkylation sites (N-methyl/N-ethyl adjacent to an activating group) is 1. The van der Waals surface area contributed by atoms with Crippen LogP contribution in [0.1, 0.15) is 29.7 Å². The lowest BCUT2D eigenvalue weighted by atomic mass is 10.0. The van der Waals surface area contributed by atoms with Crippen molar-refractivity contribution in [1.29, 1.82) is 0 Å². The minimum atomic E-state index is 0.301. The number of rotatable bonds is 4. The van der Waals surface area contributed by atoms with Crippen LogP contribution in [0.15, 0.2) is 11.4 Å². The van der Waals surface area contributed by atoms with Gasteiger partial charge in [-0.2, -0.15) is 0 Å². The van der Waals surface area contributed by atoms with E-state index in [1.54, 1.807) is 0 Å². The van der Waals surface area contributed by atoms with Crippen molar-refractivity contribution in [1.82, 2.24) is 15.1 Å². The zero-order valence-electron chi connectivity index (χ0n) is 12.8. The van der Waals surface area contributed by atoms with E-state index in [9.17, 15) is 4.79 Å². The van der Waals surface area contributed by atoms with Gasteiger partial charge in [0.1, 0.15) is 0 Å². The summed E-state index contributed by atoms with van der Waals surface area (Å²) in [6.07, 6.45) is 4.75. The van der Waals surface area contributed by atoms with Crippen LogP contribution in [0.2, 0.25) is 0 Å². The Morgan fingerprint density at radius 2 is 2.33 bits per heavy atom. The molecule has 3 heterocycles. The van der Waals surface area contributed by atoms with Gasteiger partial charge in [-0.05, 0) is 49.9 Å². The van der Waals surface area contributed by atoms with Crippen molar-refractivity contribution in [2.45, 2.75) is 38.3 Å². The van der Waals surface area contributed by atoms with Crippen LogP contribution >= 0.6 is 11.3 Å². The van der Waals surface area contributed by atoms with Crippen molar-refractivity contribution < 1.29 is 4.79 Å². The highest BCUT2D eigenvalue weighted by Gasteiger charge is 2.27. The molecule has 0 bridgehead atoms. The van der Waals surface area contributed by atoms with Crippen LogP contribution in [0.4, 0.5) is 0 Å². The summed E-state index contributed by atoms with van der Waals surface area (Å²) in [6.45, 7) is 4.34. The Morgan fingerprint density at radius 3 is 3.19 bits per heavy atom. The first kappa shape index (κ1) is 15.0. The molecule has 0 radical (unpaired) electrons. The molecular weight excluding hydrogens is 282 g/mol. The lowest BCUT2D eigenvalue weighted by Crippen LogP contribution is -2.50. The fourth-order valence-corrected chi connectivity index (χ4v) is 4.36. The number of likely N-dealkylation sites (tertiary alicyclic amines) is 1. The normalized spacial score (nSPS) is 23.1. The molecule has 1 saturated heterocycles. The molecule has 1 fully saturated rings. The third-order valence-corrected chi connectivity index (χ3v) is 5.71. The molecule has 1 atom stereocenters. The Morgan fingerprint density at radius 1 is 1.43 bits per heavy atom. The van der Waals surface area contributed by atoms with E-state index in [-0.39, 0.29) is 0 Å². The van der Waals surface area contributed by atoms with Crippen molar-refractivity contribution in [3.63, 3.8) is 0 Å². The quantitative estimate of drug-likeness (QED) is 0.920. The van der Waals surface area contributed by atoms with E-state index >= 15 is 0 Å². The zero-order chi connectivity index (χ0) is 14.7. The van der Waals surface area contributed by atoms with Crippen LogP contribution < -0.4 is 5.32 Å². The molecule has 3 rings (SSSR count). The second-order valence-corrected chi connectivity index (χ2v) is 7.11. The van der Waals surface area contributed by atoms with Crippen LogP contribution in [0.5, 0.6) is 0 Å². The van der Waals surface area contributed by atoms with E-state index in [1.807, 2.05) is 23.3 Å². The van der Waals surface area contributed by atoms with Crippen LogP contribution in [0.3, 0.4) is 0 Å². The predicted octanol–water partition coefficient (Wildman–Crippen LogP) is 1.71. The average molecular weight is 307 g/mol. The topological polar surface area (TPSA) is 35.6 Å². The smallest absolute Gasteiger partial charge is 0.237 e. The number of hydrogen-bond acceptors (Lipinski definition) is 4. The lowest BCUT2D eigenvalue weighted by molar-refractivity contribution is -0.134. The summed E-state index contributed by atoms with van der Waals surface area (Å²) in [4.78, 5) is 18.5. The van der Waals surface area contributed by atoms with Crippen LogP contribution in [0.25, 0.3) is 0 Å². The Kier molecular flexibility index (Phi) is 4.93. The number of nitrogens with one attached hydrogen (secondary N) is 1. The molecular formula is C16H25N3OS. The number of thiophene rings is 1. The van der Waals surface area contributed by atoms with Gasteiger partial charge in [0.25, 0.3) is 0 Å². The molecule has 0 aromatic carbocycles. The third-order valence-electron chi connectivity index (χ3n) is 4.69. The molecule has 1 unspecified atom stereocenters. The van der Waals surface area contributed by atoms with Gasteiger partial charge in [-0.25, -0.2) is 0 Å². The summed E-state index contributed by atoms with van der Waals surface area (Å²) in [5.41, 5.74) is 1.35. The fourth-order valence-electron chi connectivity index (χ4n) is 3.47. The minimum absolute atomic E-state index is 0.301. The summed E-state index contributed by atoms with van der Waals surface area (Å²) >= 11 is 1.83. The van der Waals surface area contributed by atoms with Gasteiger partial charge in [-0.15, -0.1) is 11.3 Å². The molecule has 2 aliphatic heterocycles. The van der Waals surface area contributed by atoms with Gasteiger partial charge >= 0.3 is 0 Å². The number of carbonyl (C=O) groups is 1. The molecule has 2 aliphatic rings. The van der Waals surface area contributed by atoms with Crippen LogP contribution in [0, 0.1) is 0 Å². The average Bonchev–Trinajstić information content (AvgIpc) is 2.97. The van der Waals surface area contributed by atoms with Gasteiger partial charge in [-0.3, -0.25) is 9.69 Å². The number of amides is 1. The maximum Gasteiger partial charge on any atom is 0.237 e. The van der Waals surface area contributed by atoms with Gasteiger partial charge in [-0.1, -0.05) is 6.42 Å². The molecule has 0 saturated carbocycles. The molecule has 1 aromatic heterocycles. The molecule has 1 N–H and O–H groups in total. The maximum absolute atomic E-state index is 12.6. The predicted molar refractivity (Wildman–Crippen MR) is 86.6 cm³/mol. The first-order valence-corrected chi connectivity index (χ1v) is 8.87. The molecule has 0 spiro atoms. The summed E-state index contributed by atoms with van der Waals surface area (Å²) < 4.78 is 0. The molecule has 0 aliphatic carbocycles. The fraction of sp³-hybridized carbons (Fsp3) is 0.688. The van der Waals surface area contributed by atoms with Gasteiger partial charge < -0.3 is 10.2 Å². The Labute approximate surface area is 131 Å². The highest BCUT2D eigenvalue weighted by molar-refractivity contribution is 7.10. The molecule has 116 valence electrons. The number of fused-ring (bicyclic) bond motifs is 1. The summed E-state index contributed by atoms with van der Waals surface area (Å²) in [6, 6.07) is 2.69. The Hall–Kier alpha value is -0.910. The number of hydrogen-bond donors (Lipinski definition) is 1. The number of piperidine rings is 1. The van der Waals surface area contributed by atoms with Gasteiger partial charge in [0.05, 0.1) is 6.54 Å². The first-order valence-electron chi connectivity index (χ1n) is 7.99. The lowest BCUT2D eigenvalue weighted by Gasteiger charge is -2.37. The SMILES string of the molecule is CNCC1CCCCN1CC(=O)N1CCc2sccc2C1. The van der Waals surface area contributed by atoms with Gasteiger partial charge in [0.15, 0.2) is 0 Å². The molecule has 1 aromatic rings. The van der Waals surface area contributed by atoms with Gasteiger partial charge in [0, 0.05) is 30.6 Å². The number of nitrogens with zero attached hydrogens (tertiary/aromatic N) is 2. The molecule has 5 heteroatoms. The second kappa shape index (κ2) is 6.90. The summed E-state index contributed by atoms with van der Waals surface area (Å²) in [5.74, 6) is 0.301. The maximum atomic E-state index is 12.6. The summed E-state index contributed by atoms with van der Waals surface area (Å²) in [7, 11) is 2.00. The van der Waals surface area contributed by atoms with E-state index < -0.39 is 0 Å². The highest BCUT2D eigenvalue weighted by atomic mass is 32.1.